The molecule has 2 heterocycles. The molecule has 0 bridgehead atoms. The van der Waals surface area contributed by atoms with E-state index in [1.165, 1.54) is 11.1 Å². The Balaban J connectivity index is 1.56. The minimum absolute atomic E-state index is 0.0405. The Morgan fingerprint density at radius 3 is 2.75 bits per heavy atom. The van der Waals surface area contributed by atoms with Crippen LogP contribution in [0.3, 0.4) is 0 Å². The van der Waals surface area contributed by atoms with Crippen LogP contribution in [0.5, 0.6) is 0 Å². The second-order valence-corrected chi connectivity index (χ2v) is 7.38. The van der Waals surface area contributed by atoms with Gasteiger partial charge in [0.1, 0.15) is 0 Å². The zero-order valence-electron chi connectivity index (χ0n) is 14.2. The predicted octanol–water partition coefficient (Wildman–Crippen LogP) is 3.20. The normalized spacial score (nSPS) is 16.2. The number of likely N-dealkylation sites (tertiary alicyclic amines) is 1. The number of nitrogens with two attached hydrogens (primary N) is 1. The van der Waals surface area contributed by atoms with E-state index in [1.54, 1.807) is 11.3 Å². The molecular formula is C18H24N4OS. The molecule has 1 aromatic heterocycles. The molecule has 1 saturated heterocycles. The Bertz CT molecular complexity index is 720. The summed E-state index contributed by atoms with van der Waals surface area (Å²) >= 11 is 1.63. The van der Waals surface area contributed by atoms with Crippen LogP contribution in [0.25, 0.3) is 0 Å². The summed E-state index contributed by atoms with van der Waals surface area (Å²) in [5, 5.41) is 6.40. The minimum atomic E-state index is -0.164. The first-order chi connectivity index (χ1) is 11.5. The molecule has 0 unspecified atom stereocenters. The number of benzene rings is 1. The van der Waals surface area contributed by atoms with Crippen molar-refractivity contribution in [2.24, 2.45) is 11.7 Å². The van der Waals surface area contributed by atoms with Gasteiger partial charge in [-0.25, -0.2) is 4.98 Å². The number of hydrogen-bond acceptors (Lipinski definition) is 5. The van der Waals surface area contributed by atoms with Gasteiger partial charge in [0, 0.05) is 23.5 Å². The third kappa shape index (κ3) is 4.13. The summed E-state index contributed by atoms with van der Waals surface area (Å²) in [5.74, 6) is -0.123. The standard InChI is InChI=1S/C18H24N4OS/c1-12-3-4-15(9-13(12)2)20-18-21-16(11-24-18)10-22-7-5-14(6-8-22)17(19)23/h3-4,9,11,14H,5-8,10H2,1-2H3,(H2,19,23)(H,20,21). The highest BCUT2D eigenvalue weighted by atomic mass is 32.1. The number of piperidine rings is 1. The number of thiazole rings is 1. The Morgan fingerprint density at radius 2 is 2.08 bits per heavy atom. The Labute approximate surface area is 146 Å². The average Bonchev–Trinajstić information content (AvgIpc) is 2.98. The maximum atomic E-state index is 11.2. The van der Waals surface area contributed by atoms with E-state index in [-0.39, 0.29) is 11.8 Å². The SMILES string of the molecule is Cc1ccc(Nc2nc(CN3CCC(C(N)=O)CC3)cs2)cc1C. The molecule has 1 aromatic carbocycles. The number of amides is 1. The zero-order chi connectivity index (χ0) is 17.1. The number of nitrogens with zero attached hydrogens (tertiary/aromatic N) is 2. The lowest BCUT2D eigenvalue weighted by molar-refractivity contribution is -0.123. The molecule has 128 valence electrons. The van der Waals surface area contributed by atoms with Crippen LogP contribution < -0.4 is 11.1 Å². The van der Waals surface area contributed by atoms with Crippen LogP contribution in [-0.4, -0.2) is 28.9 Å². The highest BCUT2D eigenvalue weighted by molar-refractivity contribution is 7.13. The van der Waals surface area contributed by atoms with Crippen molar-refractivity contribution in [3.8, 4) is 0 Å². The summed E-state index contributed by atoms with van der Waals surface area (Å²) in [6.07, 6.45) is 1.71. The number of hydrogen-bond donors (Lipinski definition) is 2. The molecule has 1 aliphatic rings. The molecule has 1 amide bonds. The van der Waals surface area contributed by atoms with E-state index in [9.17, 15) is 4.79 Å². The maximum Gasteiger partial charge on any atom is 0.220 e. The summed E-state index contributed by atoms with van der Waals surface area (Å²) in [5.41, 5.74) is 10.1. The fourth-order valence-electron chi connectivity index (χ4n) is 2.98. The number of carbonyl (C=O) groups excluding carboxylic acids is 1. The fourth-order valence-corrected chi connectivity index (χ4v) is 3.71. The maximum absolute atomic E-state index is 11.2. The number of carbonyl (C=O) groups is 1. The summed E-state index contributed by atoms with van der Waals surface area (Å²) in [7, 11) is 0. The summed E-state index contributed by atoms with van der Waals surface area (Å²) < 4.78 is 0. The van der Waals surface area contributed by atoms with Crippen molar-refractivity contribution >= 4 is 28.1 Å². The number of anilines is 2. The Kier molecular flexibility index (Phi) is 5.16. The van der Waals surface area contributed by atoms with Gasteiger partial charge in [-0.3, -0.25) is 9.69 Å². The van der Waals surface area contributed by atoms with Crippen LogP contribution in [0, 0.1) is 19.8 Å². The molecule has 0 aliphatic carbocycles. The van der Waals surface area contributed by atoms with Crippen LogP contribution in [0.4, 0.5) is 10.8 Å². The fraction of sp³-hybridized carbons (Fsp3) is 0.444. The number of nitrogens with one attached hydrogen (secondary N) is 1. The molecule has 1 aliphatic heterocycles. The first-order valence-corrected chi connectivity index (χ1v) is 9.19. The second kappa shape index (κ2) is 7.32. The third-order valence-electron chi connectivity index (χ3n) is 4.69. The molecule has 1 fully saturated rings. The van der Waals surface area contributed by atoms with Crippen molar-refractivity contribution in [1.29, 1.82) is 0 Å². The Hall–Kier alpha value is -1.92. The zero-order valence-corrected chi connectivity index (χ0v) is 15.0. The van der Waals surface area contributed by atoms with Gasteiger partial charge in [-0.15, -0.1) is 11.3 Å². The Morgan fingerprint density at radius 1 is 1.33 bits per heavy atom. The van der Waals surface area contributed by atoms with Crippen molar-refractivity contribution in [3.63, 3.8) is 0 Å². The number of aromatic nitrogens is 1. The van der Waals surface area contributed by atoms with Crippen molar-refractivity contribution in [2.75, 3.05) is 18.4 Å². The highest BCUT2D eigenvalue weighted by Gasteiger charge is 2.23. The summed E-state index contributed by atoms with van der Waals surface area (Å²) in [6, 6.07) is 6.35. The lowest BCUT2D eigenvalue weighted by Gasteiger charge is -2.29. The van der Waals surface area contributed by atoms with Gasteiger partial charge < -0.3 is 11.1 Å². The van der Waals surface area contributed by atoms with E-state index in [4.69, 9.17) is 5.73 Å². The highest BCUT2D eigenvalue weighted by Crippen LogP contribution is 2.24. The van der Waals surface area contributed by atoms with Crippen molar-refractivity contribution < 1.29 is 4.79 Å². The first kappa shape index (κ1) is 16.9. The lowest BCUT2D eigenvalue weighted by Crippen LogP contribution is -2.38. The quantitative estimate of drug-likeness (QED) is 0.874. The molecule has 3 rings (SSSR count). The van der Waals surface area contributed by atoms with E-state index < -0.39 is 0 Å². The monoisotopic (exact) mass is 344 g/mol. The van der Waals surface area contributed by atoms with Gasteiger partial charge >= 0.3 is 0 Å². The average molecular weight is 344 g/mol. The number of rotatable bonds is 5. The molecule has 0 atom stereocenters. The van der Waals surface area contributed by atoms with Gasteiger partial charge in [0.25, 0.3) is 0 Å². The number of primary amides is 1. The molecule has 24 heavy (non-hydrogen) atoms. The molecule has 2 aromatic rings. The van der Waals surface area contributed by atoms with Gasteiger partial charge in [0.2, 0.25) is 5.91 Å². The first-order valence-electron chi connectivity index (χ1n) is 8.31. The van der Waals surface area contributed by atoms with Gasteiger partial charge in [0.05, 0.1) is 5.69 Å². The molecule has 5 nitrogen and oxygen atoms in total. The van der Waals surface area contributed by atoms with Crippen LogP contribution in [0.2, 0.25) is 0 Å². The molecule has 0 saturated carbocycles. The van der Waals surface area contributed by atoms with Crippen molar-refractivity contribution in [3.05, 3.63) is 40.4 Å². The number of aryl methyl sites for hydroxylation is 2. The van der Waals surface area contributed by atoms with Crippen molar-refractivity contribution in [1.82, 2.24) is 9.88 Å². The minimum Gasteiger partial charge on any atom is -0.369 e. The largest absolute Gasteiger partial charge is 0.369 e. The summed E-state index contributed by atoms with van der Waals surface area (Å²) in [6.45, 7) is 6.87. The van der Waals surface area contributed by atoms with Crippen molar-refractivity contribution in [2.45, 2.75) is 33.2 Å². The lowest BCUT2D eigenvalue weighted by atomic mass is 9.96. The molecular weight excluding hydrogens is 320 g/mol. The van der Waals surface area contributed by atoms with E-state index in [2.05, 4.69) is 52.6 Å². The van der Waals surface area contributed by atoms with Gasteiger partial charge in [-0.2, -0.15) is 0 Å². The smallest absolute Gasteiger partial charge is 0.220 e. The van der Waals surface area contributed by atoms with Gasteiger partial charge in [0.15, 0.2) is 5.13 Å². The van der Waals surface area contributed by atoms with Gasteiger partial charge in [-0.1, -0.05) is 6.07 Å². The third-order valence-corrected chi connectivity index (χ3v) is 5.49. The molecule has 0 spiro atoms. The van der Waals surface area contributed by atoms with Crippen LogP contribution in [0.15, 0.2) is 23.6 Å². The van der Waals surface area contributed by atoms with Crippen LogP contribution in [-0.2, 0) is 11.3 Å². The van der Waals surface area contributed by atoms with Gasteiger partial charge in [-0.05, 0) is 63.0 Å². The molecule has 3 N–H and O–H groups in total. The van der Waals surface area contributed by atoms with Crippen LogP contribution in [0.1, 0.15) is 29.7 Å². The molecule has 0 radical (unpaired) electrons. The summed E-state index contributed by atoms with van der Waals surface area (Å²) in [4.78, 5) is 18.2. The van der Waals surface area contributed by atoms with E-state index >= 15 is 0 Å². The predicted molar refractivity (Wildman–Crippen MR) is 98.5 cm³/mol. The molecule has 6 heteroatoms. The second-order valence-electron chi connectivity index (χ2n) is 6.52. The van der Waals surface area contributed by atoms with E-state index in [1.807, 2.05) is 0 Å². The van der Waals surface area contributed by atoms with E-state index in [0.29, 0.717) is 0 Å². The van der Waals surface area contributed by atoms with E-state index in [0.717, 1.165) is 49.0 Å². The topological polar surface area (TPSA) is 71.2 Å². The van der Waals surface area contributed by atoms with Crippen LogP contribution >= 0.6 is 11.3 Å².